The number of azo groups is 1. The summed E-state index contributed by atoms with van der Waals surface area (Å²) < 4.78 is 26.0. The molecular formula is C77H91N4O11P. The van der Waals surface area contributed by atoms with E-state index in [-0.39, 0.29) is 29.6 Å². The largest absolute Gasteiger partial charge is 0.508 e. The van der Waals surface area contributed by atoms with Crippen molar-refractivity contribution in [1.29, 1.82) is 0 Å². The van der Waals surface area contributed by atoms with Crippen molar-refractivity contribution < 1.29 is 53.1 Å². The number of benzene rings is 7. The molecule has 6 aliphatic rings. The Labute approximate surface area is 550 Å². The highest BCUT2D eigenvalue weighted by molar-refractivity contribution is 7.79. The van der Waals surface area contributed by atoms with Crippen LogP contribution in [0.25, 0.3) is 0 Å². The maximum atomic E-state index is 11.7. The first kappa shape index (κ1) is 69.3. The van der Waals surface area contributed by atoms with Gasteiger partial charge in [0.05, 0.1) is 32.4 Å². The quantitative estimate of drug-likeness (QED) is 0.0540. The molecule has 7 aromatic rings. The predicted octanol–water partition coefficient (Wildman–Crippen LogP) is 13.8. The summed E-state index contributed by atoms with van der Waals surface area (Å²) in [4.78, 5) is 49.5. The van der Waals surface area contributed by atoms with Gasteiger partial charge in [0.1, 0.15) is 28.8 Å². The zero-order chi connectivity index (χ0) is 66.3. The van der Waals surface area contributed by atoms with E-state index in [4.69, 9.17) is 23.7 Å². The lowest BCUT2D eigenvalue weighted by Crippen LogP contribution is -2.58. The van der Waals surface area contributed by atoms with Crippen LogP contribution in [0, 0.1) is 17.8 Å². The second kappa shape index (κ2) is 31.2. The number of esters is 2. The SMILES string of the molecule is CC(C)(C)OC(=O)N=NC(=O)OC(C)(C)C.CCOC(=O)CN1CC2(Cc3ccc(O)cc3C2)C1.CCOC(=O)CN1CC2(Cc3ccc(OC4CCc5ccccc54)cc3C2)C1.Cc1ccc(P(c2ccccc2)c2ccccc2)cc1.OC1CCc2ccccc21. The van der Waals surface area contributed by atoms with Crippen molar-refractivity contribution in [2.75, 3.05) is 52.5 Å². The fourth-order valence-corrected chi connectivity index (χ4v) is 15.5. The smallest absolute Gasteiger partial charge is 0.453 e. The van der Waals surface area contributed by atoms with Gasteiger partial charge >= 0.3 is 24.1 Å². The number of aliphatic hydroxyl groups is 1. The first-order valence-corrected chi connectivity index (χ1v) is 33.8. The Bertz CT molecular complexity index is 3620. The molecule has 2 spiro atoms. The molecule has 0 bridgehead atoms. The number of phenols is 1. The van der Waals surface area contributed by atoms with Crippen molar-refractivity contribution in [2.24, 2.45) is 21.1 Å². The summed E-state index contributed by atoms with van der Waals surface area (Å²) in [5, 5.41) is 29.3. The molecular weight excluding hydrogens is 1190 g/mol. The Morgan fingerprint density at radius 1 is 0.516 bits per heavy atom. The molecule has 93 heavy (non-hydrogen) atoms. The third-order valence-electron chi connectivity index (χ3n) is 17.0. The number of rotatable bonds is 11. The summed E-state index contributed by atoms with van der Waals surface area (Å²) >= 11 is 0. The minimum absolute atomic E-state index is 0.111. The van der Waals surface area contributed by atoms with Crippen molar-refractivity contribution in [1.82, 2.24) is 9.80 Å². The molecule has 7 aromatic carbocycles. The molecule has 0 saturated carbocycles. The van der Waals surface area contributed by atoms with Gasteiger partial charge in [-0.05, 0) is 206 Å². The van der Waals surface area contributed by atoms with Crippen LogP contribution in [0.1, 0.15) is 131 Å². The Morgan fingerprint density at radius 2 is 0.946 bits per heavy atom. The molecule has 2 atom stereocenters. The Hall–Kier alpha value is -8.07. The maximum absolute atomic E-state index is 11.7. The van der Waals surface area contributed by atoms with E-state index in [1.165, 1.54) is 60.4 Å². The number of aryl methyl sites for hydroxylation is 3. The van der Waals surface area contributed by atoms with Crippen molar-refractivity contribution in [3.05, 3.63) is 220 Å². The van der Waals surface area contributed by atoms with E-state index in [9.17, 15) is 29.4 Å². The Balaban J connectivity index is 0.000000142. The number of nitrogens with zero attached hydrogens (tertiary/aromatic N) is 4. The van der Waals surface area contributed by atoms with Crippen LogP contribution in [-0.2, 0) is 67.1 Å². The molecule has 16 heteroatoms. The van der Waals surface area contributed by atoms with Crippen LogP contribution in [0.5, 0.6) is 11.5 Å². The van der Waals surface area contributed by atoms with Gasteiger partial charge in [-0.3, -0.25) is 19.4 Å². The van der Waals surface area contributed by atoms with Gasteiger partial charge in [-0.2, -0.15) is 0 Å². The average molecular weight is 1280 g/mol. The van der Waals surface area contributed by atoms with Crippen molar-refractivity contribution >= 4 is 48.0 Å². The van der Waals surface area contributed by atoms with Crippen molar-refractivity contribution in [3.8, 4) is 11.5 Å². The first-order chi connectivity index (χ1) is 44.5. The third kappa shape index (κ3) is 19.7. The van der Waals surface area contributed by atoms with Crippen LogP contribution in [0.4, 0.5) is 9.59 Å². The van der Waals surface area contributed by atoms with E-state index in [1.54, 1.807) is 47.6 Å². The third-order valence-corrected chi connectivity index (χ3v) is 19.4. The molecule has 13 rings (SSSR count). The molecule has 490 valence electrons. The molecule has 2 saturated heterocycles. The van der Waals surface area contributed by atoms with E-state index in [2.05, 4.69) is 160 Å². The highest BCUT2D eigenvalue weighted by atomic mass is 31.1. The topological polar surface area (TPSA) is 186 Å². The van der Waals surface area contributed by atoms with E-state index >= 15 is 0 Å². The van der Waals surface area contributed by atoms with Crippen LogP contribution in [-0.4, -0.2) is 108 Å². The molecule has 2 aliphatic heterocycles. The first-order valence-electron chi connectivity index (χ1n) is 32.5. The minimum Gasteiger partial charge on any atom is -0.508 e. The molecule has 15 nitrogen and oxygen atoms in total. The number of likely N-dealkylation sites (tertiary alicyclic amines) is 2. The predicted molar refractivity (Wildman–Crippen MR) is 365 cm³/mol. The summed E-state index contributed by atoms with van der Waals surface area (Å²) in [5.74, 6) is 1.09. The number of amides is 2. The molecule has 0 aromatic heterocycles. The van der Waals surface area contributed by atoms with Crippen LogP contribution < -0.4 is 20.7 Å². The zero-order valence-electron chi connectivity index (χ0n) is 55.4. The molecule has 2 unspecified atom stereocenters. The number of aliphatic hydroxyl groups excluding tert-OH is 1. The number of aromatic hydroxyl groups is 1. The fraction of sp³-hybridized carbons (Fsp3) is 0.403. The standard InChI is InChI=1S/C24H27NO3.C19H17P.C15H19NO3.C10H18N2O4.C9H10O/c1-2-27-23(26)14-25-15-24(16-25)12-18-7-9-20(11-19(18)13-24)28-22-10-8-17-5-3-4-6-21(17)22;1-16-12-14-19(15-13-16)20(17-8-4-2-5-9-17)18-10-6-3-7-11-18;1-2-19-14(18)8-16-9-15(10-16)6-11-3-4-13(17)5-12(11)7-15;1-9(2,3)15-7(13)11-12-8(14)16-10(4,5)6;10-9-6-5-7-3-1-2-4-8(7)9/h3-7,9,11,22H,2,8,10,12-16H2,1H3;2-15H,1H3;3-5,17H,2,6-10H2,1H3;1-6H3;1-4,9-10H,5-6H2. The fourth-order valence-electron chi connectivity index (χ4n) is 13.2. The maximum Gasteiger partial charge on any atom is 0.453 e. The van der Waals surface area contributed by atoms with Gasteiger partial charge < -0.3 is 33.9 Å². The van der Waals surface area contributed by atoms with Gasteiger partial charge in [-0.15, -0.1) is 0 Å². The number of hydrogen-bond donors (Lipinski definition) is 2. The number of phenolic OH excluding ortho intramolecular Hbond substituents is 1. The molecule has 2 heterocycles. The van der Waals surface area contributed by atoms with Crippen LogP contribution >= 0.6 is 7.92 Å². The second-order valence-corrected chi connectivity index (χ2v) is 29.3. The van der Waals surface area contributed by atoms with Crippen LogP contribution in [0.15, 0.2) is 180 Å². The lowest BCUT2D eigenvalue weighted by molar-refractivity contribution is -0.148. The Kier molecular flexibility index (Phi) is 23.3. The highest BCUT2D eigenvalue weighted by Gasteiger charge is 2.48. The molecule has 4 aliphatic carbocycles. The van der Waals surface area contributed by atoms with Gasteiger partial charge in [-0.1, -0.05) is 161 Å². The summed E-state index contributed by atoms with van der Waals surface area (Å²) in [5.41, 5.74) is 11.2. The molecule has 2 N–H and O–H groups in total. The van der Waals surface area contributed by atoms with Gasteiger partial charge in [0, 0.05) is 37.0 Å². The molecule has 2 fully saturated rings. The van der Waals surface area contributed by atoms with Crippen LogP contribution in [0.3, 0.4) is 0 Å². The second-order valence-electron chi connectivity index (χ2n) is 27.1. The van der Waals surface area contributed by atoms with E-state index in [0.29, 0.717) is 37.5 Å². The van der Waals surface area contributed by atoms with E-state index in [0.717, 1.165) is 88.9 Å². The normalized spacial score (nSPS) is 17.6. The lowest BCUT2D eigenvalue weighted by atomic mass is 9.77. The summed E-state index contributed by atoms with van der Waals surface area (Å²) in [6.45, 7) is 21.5. The van der Waals surface area contributed by atoms with E-state index < -0.39 is 31.3 Å². The number of carbonyl (C=O) groups excluding carboxylic acids is 4. The Morgan fingerprint density at radius 3 is 1.44 bits per heavy atom. The highest BCUT2D eigenvalue weighted by Crippen LogP contribution is 2.47. The zero-order valence-corrected chi connectivity index (χ0v) is 56.3. The van der Waals surface area contributed by atoms with Gasteiger partial charge in [-0.25, -0.2) is 9.59 Å². The molecule has 2 amide bonds. The summed E-state index contributed by atoms with van der Waals surface area (Å²) in [6.07, 6.45) is 6.50. The van der Waals surface area contributed by atoms with Crippen LogP contribution in [0.2, 0.25) is 0 Å². The average Bonchev–Trinajstić information content (AvgIpc) is 1.62. The molecule has 0 radical (unpaired) electrons. The number of carbonyl (C=O) groups is 4. The summed E-state index contributed by atoms with van der Waals surface area (Å²) in [7, 11) is -0.458. The number of ether oxygens (including phenoxy) is 5. The number of fused-ring (bicyclic) bond motifs is 4. The summed E-state index contributed by atoms with van der Waals surface area (Å²) in [6, 6.07) is 59.5. The monoisotopic (exact) mass is 1280 g/mol. The lowest BCUT2D eigenvalue weighted by Gasteiger charge is -2.47. The minimum atomic E-state index is -0.918. The van der Waals surface area contributed by atoms with E-state index in [1.807, 2.05) is 44.2 Å². The van der Waals surface area contributed by atoms with Gasteiger partial charge in [0.15, 0.2) is 0 Å². The van der Waals surface area contributed by atoms with Gasteiger partial charge in [0.25, 0.3) is 0 Å². The van der Waals surface area contributed by atoms with Crippen molar-refractivity contribution in [2.45, 2.75) is 137 Å². The van der Waals surface area contributed by atoms with Crippen molar-refractivity contribution in [3.63, 3.8) is 0 Å². The van der Waals surface area contributed by atoms with Gasteiger partial charge in [0.2, 0.25) is 0 Å². The number of hydrogen-bond acceptors (Lipinski definition) is 13.